The molecule has 1 fully saturated rings. The summed E-state index contributed by atoms with van der Waals surface area (Å²) in [6, 6.07) is 0. The molecule has 0 atom stereocenters. The molecule has 8 nitrogen and oxygen atoms in total. The number of unbranched alkanes of at least 4 members (excludes halogenated alkanes) is 10. The van der Waals surface area contributed by atoms with Crippen LogP contribution in [0.15, 0.2) is 0 Å². The number of nitrogens with one attached hydrogen (secondary N) is 1. The molecule has 0 unspecified atom stereocenters. The highest BCUT2D eigenvalue weighted by molar-refractivity contribution is 4.67. The first kappa shape index (κ1) is 35.7. The van der Waals surface area contributed by atoms with Crippen molar-refractivity contribution in [2.75, 3.05) is 99.0 Å². The molecule has 0 spiro atoms. The van der Waals surface area contributed by atoms with Crippen molar-refractivity contribution < 1.29 is 33.2 Å². The molecule has 1 N–H and O–H groups in total. The van der Waals surface area contributed by atoms with Crippen molar-refractivity contribution in [3.8, 4) is 0 Å². The van der Waals surface area contributed by atoms with Gasteiger partial charge in [0, 0.05) is 6.61 Å². The van der Waals surface area contributed by atoms with Crippen molar-refractivity contribution in [3.05, 3.63) is 0 Å². The van der Waals surface area contributed by atoms with Crippen LogP contribution in [0.2, 0.25) is 0 Å². The van der Waals surface area contributed by atoms with E-state index < -0.39 is 0 Å². The summed E-state index contributed by atoms with van der Waals surface area (Å²) >= 11 is 0. The first-order valence-corrected chi connectivity index (χ1v) is 15.7. The van der Waals surface area contributed by atoms with E-state index in [2.05, 4.69) is 12.2 Å². The number of hydrogen-bond acceptors (Lipinski definition) is 8. The Morgan fingerprint density at radius 1 is 0.421 bits per heavy atom. The molecule has 1 heterocycles. The van der Waals surface area contributed by atoms with Crippen molar-refractivity contribution in [1.82, 2.24) is 5.32 Å². The zero-order valence-corrected chi connectivity index (χ0v) is 24.7. The van der Waals surface area contributed by atoms with Gasteiger partial charge in [-0.1, -0.05) is 71.1 Å². The van der Waals surface area contributed by atoms with Crippen LogP contribution in [0.5, 0.6) is 0 Å². The predicted octanol–water partition coefficient (Wildman–Crippen LogP) is 5.17. The summed E-state index contributed by atoms with van der Waals surface area (Å²) in [5, 5.41) is 3.33. The van der Waals surface area contributed by atoms with E-state index in [0.29, 0.717) is 85.4 Å². The van der Waals surface area contributed by atoms with E-state index in [1.54, 1.807) is 0 Å². The molecule has 0 saturated carbocycles. The van der Waals surface area contributed by atoms with E-state index in [-0.39, 0.29) is 0 Å². The van der Waals surface area contributed by atoms with Crippen LogP contribution in [-0.2, 0) is 33.2 Å². The normalized spacial score (nSPS) is 14.4. The van der Waals surface area contributed by atoms with Gasteiger partial charge >= 0.3 is 0 Å². The largest absolute Gasteiger partial charge is 0.379 e. The van der Waals surface area contributed by atoms with Crippen molar-refractivity contribution in [1.29, 1.82) is 0 Å². The monoisotopic (exact) mass is 547 g/mol. The number of ether oxygens (including phenoxy) is 7. The van der Waals surface area contributed by atoms with Gasteiger partial charge in [-0.2, -0.15) is 0 Å². The van der Waals surface area contributed by atoms with E-state index in [0.717, 1.165) is 39.0 Å². The third-order valence-electron chi connectivity index (χ3n) is 6.62. The zero-order chi connectivity index (χ0) is 27.0. The van der Waals surface area contributed by atoms with Crippen LogP contribution in [-0.4, -0.2) is 105 Å². The highest BCUT2D eigenvalue weighted by Gasteiger charge is 2.12. The Morgan fingerprint density at radius 3 is 1.18 bits per heavy atom. The van der Waals surface area contributed by atoms with Crippen molar-refractivity contribution in [2.45, 2.75) is 96.5 Å². The Hall–Kier alpha value is -0.320. The fraction of sp³-hybridized carbons (Fsp3) is 1.00. The highest BCUT2D eigenvalue weighted by atomic mass is 16.6. The summed E-state index contributed by atoms with van der Waals surface area (Å²) < 4.78 is 39.1. The van der Waals surface area contributed by atoms with Gasteiger partial charge in [0.15, 0.2) is 0 Å². The Kier molecular flexibility index (Phi) is 29.3. The lowest BCUT2D eigenvalue weighted by Crippen LogP contribution is -2.33. The minimum atomic E-state index is 0.387. The molecule has 8 heteroatoms. The van der Waals surface area contributed by atoms with Gasteiger partial charge in [-0.3, -0.25) is 0 Å². The van der Waals surface area contributed by atoms with Crippen LogP contribution in [0.3, 0.4) is 0 Å². The number of hydrogen-bond donors (Lipinski definition) is 1. The maximum absolute atomic E-state index is 5.79. The molecule has 0 aromatic rings. The summed E-state index contributed by atoms with van der Waals surface area (Å²) in [6.07, 6.45) is 17.5. The van der Waals surface area contributed by atoms with Gasteiger partial charge in [0.05, 0.1) is 85.4 Å². The molecule has 1 aliphatic rings. The Morgan fingerprint density at radius 2 is 0.763 bits per heavy atom. The summed E-state index contributed by atoms with van der Waals surface area (Å²) in [4.78, 5) is 0. The average molecular weight is 548 g/mol. The molecule has 38 heavy (non-hydrogen) atoms. The molecule has 228 valence electrons. The van der Waals surface area contributed by atoms with Crippen molar-refractivity contribution in [3.63, 3.8) is 0 Å². The van der Waals surface area contributed by atoms with Gasteiger partial charge in [-0.05, 0) is 32.4 Å². The average Bonchev–Trinajstić information content (AvgIpc) is 2.94. The van der Waals surface area contributed by atoms with Gasteiger partial charge in [0.2, 0.25) is 0 Å². The Balaban J connectivity index is 1.61. The van der Waals surface area contributed by atoms with Gasteiger partial charge in [-0.15, -0.1) is 0 Å². The summed E-state index contributed by atoms with van der Waals surface area (Å²) in [6.45, 7) is 12.4. The fourth-order valence-electron chi connectivity index (χ4n) is 4.31. The minimum Gasteiger partial charge on any atom is -0.379 e. The molecule has 0 amide bonds. The summed E-state index contributed by atoms with van der Waals surface area (Å²) in [7, 11) is 0. The molecule has 0 aromatic carbocycles. The molecule has 0 radical (unpaired) electrons. The molecule has 0 aliphatic carbocycles. The molecule has 1 saturated heterocycles. The van der Waals surface area contributed by atoms with Crippen LogP contribution >= 0.6 is 0 Å². The van der Waals surface area contributed by atoms with E-state index in [4.69, 9.17) is 33.2 Å². The van der Waals surface area contributed by atoms with Gasteiger partial charge in [-0.25, -0.2) is 0 Å². The minimum absolute atomic E-state index is 0.387. The van der Waals surface area contributed by atoms with Crippen LogP contribution in [0.25, 0.3) is 0 Å². The van der Waals surface area contributed by atoms with Crippen molar-refractivity contribution in [2.24, 2.45) is 0 Å². The topological polar surface area (TPSA) is 76.6 Å². The summed E-state index contributed by atoms with van der Waals surface area (Å²) in [5.41, 5.74) is 0. The van der Waals surface area contributed by atoms with Gasteiger partial charge < -0.3 is 38.5 Å². The molecule has 0 aromatic heterocycles. The predicted molar refractivity (Wildman–Crippen MR) is 153 cm³/mol. The second-order valence-electron chi connectivity index (χ2n) is 10.0. The van der Waals surface area contributed by atoms with Crippen molar-refractivity contribution >= 4 is 0 Å². The van der Waals surface area contributed by atoms with Crippen LogP contribution in [0, 0.1) is 0 Å². The van der Waals surface area contributed by atoms with Gasteiger partial charge in [0.25, 0.3) is 0 Å². The van der Waals surface area contributed by atoms with E-state index in [1.165, 1.54) is 64.2 Å². The van der Waals surface area contributed by atoms with Gasteiger partial charge in [0.1, 0.15) is 0 Å². The van der Waals surface area contributed by atoms with E-state index in [9.17, 15) is 0 Å². The lowest BCUT2D eigenvalue weighted by atomic mass is 10.1. The maximum atomic E-state index is 5.79. The molecular formula is C30H61NO7. The molecule has 0 bridgehead atoms. The second kappa shape index (κ2) is 31.2. The molecule has 1 rings (SSSR count). The first-order valence-electron chi connectivity index (χ1n) is 15.7. The lowest BCUT2D eigenvalue weighted by Gasteiger charge is -2.22. The number of piperidine rings is 1. The van der Waals surface area contributed by atoms with Crippen LogP contribution in [0.4, 0.5) is 0 Å². The third-order valence-corrected chi connectivity index (χ3v) is 6.62. The van der Waals surface area contributed by atoms with Crippen LogP contribution < -0.4 is 5.32 Å². The highest BCUT2D eigenvalue weighted by Crippen LogP contribution is 2.11. The van der Waals surface area contributed by atoms with Crippen LogP contribution in [0.1, 0.15) is 90.4 Å². The lowest BCUT2D eigenvalue weighted by molar-refractivity contribution is -0.0306. The maximum Gasteiger partial charge on any atom is 0.0704 e. The third kappa shape index (κ3) is 27.3. The van der Waals surface area contributed by atoms with E-state index in [1.807, 2.05) is 0 Å². The second-order valence-corrected chi connectivity index (χ2v) is 10.0. The SMILES string of the molecule is CCCCCCCCCCCCCOCCOCCOCCOCCOCCOCCOC1CCNCC1. The fourth-order valence-corrected chi connectivity index (χ4v) is 4.31. The molecular weight excluding hydrogens is 486 g/mol. The quantitative estimate of drug-likeness (QED) is 0.119. The number of rotatable bonds is 31. The first-order chi connectivity index (χ1) is 18.9. The zero-order valence-electron chi connectivity index (χ0n) is 24.7. The molecule has 1 aliphatic heterocycles. The van der Waals surface area contributed by atoms with E-state index >= 15 is 0 Å². The Bertz CT molecular complexity index is 439. The smallest absolute Gasteiger partial charge is 0.0704 e. The summed E-state index contributed by atoms with van der Waals surface area (Å²) in [5.74, 6) is 0. The standard InChI is InChI=1S/C30H61NO7/c1-2-3-4-5-6-7-8-9-10-11-12-17-32-18-19-33-20-21-34-22-23-35-24-25-36-26-27-37-28-29-38-30-13-15-31-16-14-30/h30-31H,2-29H2,1H3. The Labute approximate surface area is 234 Å².